The van der Waals surface area contributed by atoms with Gasteiger partial charge in [0.05, 0.1) is 25.1 Å². The van der Waals surface area contributed by atoms with Crippen molar-refractivity contribution in [2.24, 2.45) is 0 Å². The Morgan fingerprint density at radius 2 is 1.93 bits per heavy atom. The van der Waals surface area contributed by atoms with E-state index in [1.54, 1.807) is 4.90 Å². The molecule has 8 heteroatoms. The van der Waals surface area contributed by atoms with Crippen molar-refractivity contribution < 1.29 is 9.53 Å². The summed E-state index contributed by atoms with van der Waals surface area (Å²) < 4.78 is 4.76. The zero-order chi connectivity index (χ0) is 20.4. The van der Waals surface area contributed by atoms with E-state index in [0.717, 1.165) is 33.7 Å². The molecule has 4 rings (SSSR count). The Labute approximate surface area is 175 Å². The van der Waals surface area contributed by atoms with Crippen molar-refractivity contribution in [2.75, 3.05) is 62.3 Å². The smallest absolute Gasteiger partial charge is 0.409 e. The number of hydroxylamine groups is 2. The fourth-order valence-electron chi connectivity index (χ4n) is 4.05. The second kappa shape index (κ2) is 8.38. The van der Waals surface area contributed by atoms with Crippen LogP contribution in [0, 0.1) is 12.1 Å². The Morgan fingerprint density at radius 1 is 1.21 bits per heavy atom. The maximum Gasteiger partial charge on any atom is 0.409 e. The van der Waals surface area contributed by atoms with Gasteiger partial charge in [-0.25, -0.2) is 4.79 Å². The molecule has 2 saturated heterocycles. The summed E-state index contributed by atoms with van der Waals surface area (Å²) in [7, 11) is 0. The molecule has 156 valence electrons. The predicted molar refractivity (Wildman–Crippen MR) is 120 cm³/mol. The van der Waals surface area contributed by atoms with Crippen LogP contribution in [-0.4, -0.2) is 73.4 Å². The molecule has 3 heterocycles. The molecular formula is C21H28N4O3S. The van der Waals surface area contributed by atoms with E-state index < -0.39 is 0 Å². The zero-order valence-electron chi connectivity index (χ0n) is 17.1. The van der Waals surface area contributed by atoms with E-state index in [9.17, 15) is 10.0 Å². The van der Waals surface area contributed by atoms with Crippen LogP contribution >= 0.6 is 11.8 Å². The van der Waals surface area contributed by atoms with Crippen LogP contribution in [0.1, 0.15) is 12.5 Å². The molecule has 0 aliphatic carbocycles. The Kier molecular flexibility index (Phi) is 5.85. The highest BCUT2D eigenvalue weighted by atomic mass is 32.2. The molecule has 0 saturated carbocycles. The largest absolute Gasteiger partial charge is 0.626 e. The third-order valence-electron chi connectivity index (χ3n) is 5.77. The lowest BCUT2D eigenvalue weighted by Gasteiger charge is -2.44. The van der Waals surface area contributed by atoms with Crippen molar-refractivity contribution in [3.8, 4) is 0 Å². The lowest BCUT2D eigenvalue weighted by Crippen LogP contribution is -2.51. The second-order valence-electron chi connectivity index (χ2n) is 7.60. The number of aryl methyl sites for hydroxylation is 1. The van der Waals surface area contributed by atoms with Crippen LogP contribution in [0.5, 0.6) is 0 Å². The molecule has 1 aromatic carbocycles. The molecule has 1 aromatic heterocycles. The molecule has 0 spiro atoms. The summed E-state index contributed by atoms with van der Waals surface area (Å²) in [5, 5.41) is 15.7. The highest BCUT2D eigenvalue weighted by Gasteiger charge is 2.30. The number of pyridine rings is 1. The first kappa shape index (κ1) is 20.3. The molecule has 2 fully saturated rings. The average Bonchev–Trinajstić information content (AvgIpc) is 2.74. The number of rotatable bonds is 3. The zero-order valence-corrected chi connectivity index (χ0v) is 17.9. The molecule has 0 N–H and O–H groups in total. The van der Waals surface area contributed by atoms with Crippen LogP contribution in [0.3, 0.4) is 0 Å². The lowest BCUT2D eigenvalue weighted by atomic mass is 10.1. The highest BCUT2D eigenvalue weighted by molar-refractivity contribution is 7.99. The first-order chi connectivity index (χ1) is 14.0. The quantitative estimate of drug-likeness (QED) is 0.564. The first-order valence-corrected chi connectivity index (χ1v) is 11.4. The Balaban J connectivity index is 1.67. The number of carbonyl (C=O) groups excluding carboxylic acids is 1. The summed E-state index contributed by atoms with van der Waals surface area (Å²) in [6, 6.07) is 8.20. The maximum atomic E-state index is 13.7. The second-order valence-corrected chi connectivity index (χ2v) is 8.82. The van der Waals surface area contributed by atoms with Crippen molar-refractivity contribution in [1.29, 1.82) is 0 Å². The van der Waals surface area contributed by atoms with E-state index in [1.807, 2.05) is 30.8 Å². The van der Waals surface area contributed by atoms with Crippen LogP contribution in [0.15, 0.2) is 24.3 Å². The number of piperazine rings is 1. The minimum Gasteiger partial charge on any atom is -0.626 e. The van der Waals surface area contributed by atoms with Gasteiger partial charge in [0.2, 0.25) is 5.82 Å². The van der Waals surface area contributed by atoms with Gasteiger partial charge in [-0.2, -0.15) is 16.7 Å². The molecule has 0 radical (unpaired) electrons. The summed E-state index contributed by atoms with van der Waals surface area (Å²) >= 11 is 1.84. The van der Waals surface area contributed by atoms with Crippen molar-refractivity contribution in [1.82, 2.24) is 14.5 Å². The normalized spacial score (nSPS) is 19.4. The number of quaternary nitrogens is 1. The van der Waals surface area contributed by atoms with Crippen LogP contribution in [0.2, 0.25) is 0 Å². The SMILES string of the molecule is CCOC(=O)N1CCN(c2cc3c(C)cccc3c([N+]3([O-])CCSCC3)n2)CC1. The summed E-state index contributed by atoms with van der Waals surface area (Å²) in [6.45, 7) is 7.94. The summed E-state index contributed by atoms with van der Waals surface area (Å²) in [4.78, 5) is 20.8. The molecule has 2 aliphatic rings. The van der Waals surface area contributed by atoms with Gasteiger partial charge in [-0.15, -0.1) is 0 Å². The van der Waals surface area contributed by atoms with Crippen molar-refractivity contribution in [3.05, 3.63) is 35.0 Å². The molecule has 1 amide bonds. The summed E-state index contributed by atoms with van der Waals surface area (Å²) in [5.41, 5.74) is 1.15. The Hall–Kier alpha value is -2.03. The number of thioether (sulfide) groups is 1. The molecule has 2 aromatic rings. The number of amides is 1. The Bertz CT molecular complexity index is 893. The molecule has 0 unspecified atom stereocenters. The van der Waals surface area contributed by atoms with E-state index in [0.29, 0.717) is 51.7 Å². The average molecular weight is 417 g/mol. The van der Waals surface area contributed by atoms with Gasteiger partial charge in [-0.05, 0) is 36.9 Å². The van der Waals surface area contributed by atoms with E-state index >= 15 is 0 Å². The topological polar surface area (TPSA) is 68.7 Å². The maximum absolute atomic E-state index is 13.7. The minimum absolute atomic E-state index is 0.259. The van der Waals surface area contributed by atoms with Crippen LogP contribution in [0.4, 0.5) is 16.4 Å². The van der Waals surface area contributed by atoms with Crippen LogP contribution in [-0.2, 0) is 4.74 Å². The lowest BCUT2D eigenvalue weighted by molar-refractivity contribution is 0.105. The standard InChI is InChI=1S/C21H28N4O3S/c1-3-28-21(26)24-9-7-23(8-10-24)19-15-18-16(2)5-4-6-17(18)20(22-19)25(27)11-13-29-14-12-25/h4-6,15H,3,7-14H2,1-2H3. The monoisotopic (exact) mass is 416 g/mol. The molecule has 0 bridgehead atoms. The third-order valence-corrected chi connectivity index (χ3v) is 6.71. The molecule has 0 atom stereocenters. The van der Waals surface area contributed by atoms with Crippen LogP contribution < -0.4 is 9.55 Å². The number of benzene rings is 1. The third kappa shape index (κ3) is 4.01. The minimum atomic E-state index is -0.358. The van der Waals surface area contributed by atoms with Crippen molar-refractivity contribution >= 4 is 40.3 Å². The highest BCUT2D eigenvalue weighted by Crippen LogP contribution is 2.36. The number of carbonyl (C=O) groups is 1. The number of aromatic nitrogens is 1. The van der Waals surface area contributed by atoms with Gasteiger partial charge < -0.3 is 24.4 Å². The van der Waals surface area contributed by atoms with Crippen molar-refractivity contribution in [3.63, 3.8) is 0 Å². The molecule has 7 nitrogen and oxygen atoms in total. The number of hydrogen-bond donors (Lipinski definition) is 0. The van der Waals surface area contributed by atoms with Gasteiger partial charge in [-0.3, -0.25) is 0 Å². The van der Waals surface area contributed by atoms with E-state index in [2.05, 4.69) is 24.0 Å². The van der Waals surface area contributed by atoms with Gasteiger partial charge in [0.15, 0.2) is 0 Å². The van der Waals surface area contributed by atoms with E-state index in [1.165, 1.54) is 0 Å². The molecule has 2 aliphatic heterocycles. The first-order valence-electron chi connectivity index (χ1n) is 10.3. The summed E-state index contributed by atoms with van der Waals surface area (Å²) in [6.07, 6.45) is -0.259. The van der Waals surface area contributed by atoms with Gasteiger partial charge in [-0.1, -0.05) is 12.1 Å². The number of ether oxygens (including phenoxy) is 1. The predicted octanol–water partition coefficient (Wildman–Crippen LogP) is 3.37. The van der Waals surface area contributed by atoms with Crippen LogP contribution in [0.25, 0.3) is 10.8 Å². The number of fused-ring (bicyclic) bond motifs is 1. The van der Waals surface area contributed by atoms with E-state index in [4.69, 9.17) is 9.72 Å². The van der Waals surface area contributed by atoms with Gasteiger partial charge in [0.1, 0.15) is 5.82 Å². The fourth-order valence-corrected chi connectivity index (χ4v) is 5.10. The van der Waals surface area contributed by atoms with Gasteiger partial charge in [0.25, 0.3) is 0 Å². The number of anilines is 1. The van der Waals surface area contributed by atoms with Gasteiger partial charge >= 0.3 is 6.09 Å². The number of nitrogens with zero attached hydrogens (tertiary/aromatic N) is 4. The fraction of sp³-hybridized carbons (Fsp3) is 0.524. The van der Waals surface area contributed by atoms with Gasteiger partial charge in [0, 0.05) is 37.7 Å². The molecular weight excluding hydrogens is 388 g/mol. The number of hydrogen-bond acceptors (Lipinski definition) is 6. The summed E-state index contributed by atoms with van der Waals surface area (Å²) in [5.74, 6) is 3.19. The molecule has 29 heavy (non-hydrogen) atoms. The Morgan fingerprint density at radius 3 is 2.62 bits per heavy atom. The van der Waals surface area contributed by atoms with E-state index in [-0.39, 0.29) is 10.7 Å². The van der Waals surface area contributed by atoms with Crippen molar-refractivity contribution in [2.45, 2.75) is 13.8 Å².